The fourth-order valence-electron chi connectivity index (χ4n) is 3.98. The van der Waals surface area contributed by atoms with Crippen LogP contribution in [-0.2, 0) is 36.4 Å². The van der Waals surface area contributed by atoms with Crippen LogP contribution in [0.25, 0.3) is 0 Å². The number of carbonyl (C=O) groups excluding carboxylic acids is 2. The van der Waals surface area contributed by atoms with Crippen molar-refractivity contribution in [2.24, 2.45) is 5.92 Å². The van der Waals surface area contributed by atoms with Crippen molar-refractivity contribution in [2.45, 2.75) is 55.7 Å². The SMILES string of the molecule is CC(=O)OCc1cc([C@@H](C)NC(=O)C2CC2(C)c2ccc(SC(F)(F)F)cc2)ccc1NS(C)(=O)=O. The topological polar surface area (TPSA) is 102 Å². The standard InChI is InChI=1S/C24H27F3N2O5S2/c1-14(16-5-10-21(29-36(4,32)33)17(11-16)13-34-15(2)30)28-22(31)20-12-23(20,3)18-6-8-19(9-7-18)35-24(25,26)27/h5-11,14,20,29H,12-13H2,1-4H3,(H,28,31)/t14-,20?,23?/m1/s1. The monoisotopic (exact) mass is 544 g/mol. The summed E-state index contributed by atoms with van der Waals surface area (Å²) < 4.78 is 68.5. The van der Waals surface area contributed by atoms with Crippen molar-refractivity contribution < 1.29 is 35.9 Å². The van der Waals surface area contributed by atoms with Crippen LogP contribution in [0.4, 0.5) is 18.9 Å². The van der Waals surface area contributed by atoms with E-state index in [9.17, 15) is 31.2 Å². The summed E-state index contributed by atoms with van der Waals surface area (Å²) in [5.41, 5.74) is -2.66. The van der Waals surface area contributed by atoms with Crippen molar-refractivity contribution in [2.75, 3.05) is 11.0 Å². The van der Waals surface area contributed by atoms with Gasteiger partial charge < -0.3 is 10.1 Å². The van der Waals surface area contributed by atoms with E-state index in [0.29, 0.717) is 17.5 Å². The molecule has 0 bridgehead atoms. The van der Waals surface area contributed by atoms with E-state index in [4.69, 9.17) is 4.74 Å². The number of thioether (sulfide) groups is 1. The molecule has 0 aromatic heterocycles. The minimum atomic E-state index is -4.36. The highest BCUT2D eigenvalue weighted by molar-refractivity contribution is 8.00. The molecule has 2 unspecified atom stereocenters. The van der Waals surface area contributed by atoms with E-state index in [-0.39, 0.29) is 40.8 Å². The molecule has 1 aliphatic carbocycles. The average molecular weight is 545 g/mol. The lowest BCUT2D eigenvalue weighted by atomic mass is 9.95. The Hall–Kier alpha value is -2.73. The van der Waals surface area contributed by atoms with Gasteiger partial charge in [0.1, 0.15) is 6.61 Å². The van der Waals surface area contributed by atoms with E-state index in [1.807, 2.05) is 6.92 Å². The third kappa shape index (κ3) is 7.39. The van der Waals surface area contributed by atoms with E-state index in [1.165, 1.54) is 19.1 Å². The number of esters is 1. The van der Waals surface area contributed by atoms with Crippen LogP contribution in [0.1, 0.15) is 49.9 Å². The fraction of sp³-hybridized carbons (Fsp3) is 0.417. The van der Waals surface area contributed by atoms with Gasteiger partial charge in [0.05, 0.1) is 18.0 Å². The quantitative estimate of drug-likeness (QED) is 0.344. The van der Waals surface area contributed by atoms with Gasteiger partial charge in [0.2, 0.25) is 15.9 Å². The van der Waals surface area contributed by atoms with Crippen LogP contribution in [-0.4, -0.2) is 32.1 Å². The predicted molar refractivity (Wildman–Crippen MR) is 131 cm³/mol. The molecule has 0 saturated heterocycles. The number of rotatable bonds is 9. The number of anilines is 1. The fourth-order valence-corrected chi connectivity index (χ4v) is 5.12. The van der Waals surface area contributed by atoms with Crippen molar-refractivity contribution >= 4 is 39.3 Å². The average Bonchev–Trinajstić information content (AvgIpc) is 3.44. The number of hydrogen-bond donors (Lipinski definition) is 2. The Balaban J connectivity index is 1.69. The number of benzene rings is 2. The number of halogens is 3. The van der Waals surface area contributed by atoms with Crippen LogP contribution in [0.2, 0.25) is 0 Å². The second kappa shape index (κ2) is 10.3. The van der Waals surface area contributed by atoms with Crippen LogP contribution in [0, 0.1) is 5.92 Å². The summed E-state index contributed by atoms with van der Waals surface area (Å²) >= 11 is -0.181. The van der Waals surface area contributed by atoms with Gasteiger partial charge >= 0.3 is 11.5 Å². The van der Waals surface area contributed by atoms with Crippen LogP contribution < -0.4 is 10.0 Å². The maximum Gasteiger partial charge on any atom is 0.446 e. The lowest BCUT2D eigenvalue weighted by molar-refractivity contribution is -0.142. The van der Waals surface area contributed by atoms with Crippen molar-refractivity contribution in [3.63, 3.8) is 0 Å². The molecular weight excluding hydrogens is 517 g/mol. The van der Waals surface area contributed by atoms with Gasteiger partial charge in [-0.2, -0.15) is 13.2 Å². The van der Waals surface area contributed by atoms with E-state index >= 15 is 0 Å². The summed E-state index contributed by atoms with van der Waals surface area (Å²) in [7, 11) is -3.56. The molecule has 0 radical (unpaired) electrons. The normalized spacial score (nSPS) is 20.4. The van der Waals surface area contributed by atoms with Crippen LogP contribution in [0.3, 0.4) is 0 Å². The molecule has 1 amide bonds. The van der Waals surface area contributed by atoms with E-state index in [2.05, 4.69) is 10.0 Å². The molecule has 196 valence electrons. The van der Waals surface area contributed by atoms with Crippen LogP contribution >= 0.6 is 11.8 Å². The molecule has 2 N–H and O–H groups in total. The molecule has 1 fully saturated rings. The zero-order valence-electron chi connectivity index (χ0n) is 20.1. The Labute approximate surface area is 212 Å². The zero-order chi connectivity index (χ0) is 26.9. The highest BCUT2D eigenvalue weighted by atomic mass is 32.2. The largest absolute Gasteiger partial charge is 0.461 e. The first-order valence-electron chi connectivity index (χ1n) is 11.0. The van der Waals surface area contributed by atoms with E-state index in [1.54, 1.807) is 37.3 Å². The van der Waals surface area contributed by atoms with Gasteiger partial charge in [0.15, 0.2) is 0 Å². The molecule has 3 rings (SSSR count). The van der Waals surface area contributed by atoms with Crippen molar-refractivity contribution in [1.29, 1.82) is 0 Å². The predicted octanol–water partition coefficient (Wildman–Crippen LogP) is 4.89. The summed E-state index contributed by atoms with van der Waals surface area (Å²) in [6.07, 6.45) is 1.57. The van der Waals surface area contributed by atoms with Gasteiger partial charge in [-0.15, -0.1) is 0 Å². The van der Waals surface area contributed by atoms with E-state index in [0.717, 1.165) is 11.8 Å². The zero-order valence-corrected chi connectivity index (χ0v) is 21.7. The number of sulfonamides is 1. The summed E-state index contributed by atoms with van der Waals surface area (Å²) in [5, 5.41) is 2.95. The molecule has 1 saturated carbocycles. The van der Waals surface area contributed by atoms with Gasteiger partial charge in [-0.05, 0) is 60.5 Å². The minimum Gasteiger partial charge on any atom is -0.461 e. The lowest BCUT2D eigenvalue weighted by Crippen LogP contribution is -2.30. The van der Waals surface area contributed by atoms with Crippen molar-refractivity contribution in [3.8, 4) is 0 Å². The smallest absolute Gasteiger partial charge is 0.446 e. The molecule has 0 spiro atoms. The molecule has 1 aliphatic rings. The first-order chi connectivity index (χ1) is 16.6. The molecule has 2 aromatic rings. The Bertz CT molecular complexity index is 1250. The highest BCUT2D eigenvalue weighted by Crippen LogP contribution is 2.54. The number of nitrogens with one attached hydrogen (secondary N) is 2. The number of carbonyl (C=O) groups is 2. The molecule has 3 atom stereocenters. The van der Waals surface area contributed by atoms with Crippen LogP contribution in [0.15, 0.2) is 47.4 Å². The molecular formula is C24H27F3N2O5S2. The molecule has 12 heteroatoms. The number of ether oxygens (including phenoxy) is 1. The lowest BCUT2D eigenvalue weighted by Gasteiger charge is -2.19. The Kier molecular flexibility index (Phi) is 7.99. The van der Waals surface area contributed by atoms with Crippen molar-refractivity contribution in [1.82, 2.24) is 5.32 Å². The maximum atomic E-state index is 13.0. The van der Waals surface area contributed by atoms with Crippen molar-refractivity contribution in [3.05, 3.63) is 59.2 Å². The van der Waals surface area contributed by atoms with Gasteiger partial charge in [-0.25, -0.2) is 8.42 Å². The summed E-state index contributed by atoms with van der Waals surface area (Å²) in [5.74, 6) is -1.06. The van der Waals surface area contributed by atoms with Crippen LogP contribution in [0.5, 0.6) is 0 Å². The van der Waals surface area contributed by atoms with Gasteiger partial charge in [0, 0.05) is 28.7 Å². The number of amides is 1. The summed E-state index contributed by atoms with van der Waals surface area (Å²) in [4.78, 5) is 24.3. The first-order valence-corrected chi connectivity index (χ1v) is 13.7. The first kappa shape index (κ1) is 27.9. The minimum absolute atomic E-state index is 0.0866. The highest BCUT2D eigenvalue weighted by Gasteiger charge is 2.55. The molecule has 2 aromatic carbocycles. The summed E-state index contributed by atoms with van der Waals surface area (Å²) in [6.45, 7) is 4.77. The Morgan fingerprint density at radius 2 is 1.83 bits per heavy atom. The maximum absolute atomic E-state index is 13.0. The molecule has 0 aliphatic heterocycles. The Morgan fingerprint density at radius 3 is 2.39 bits per heavy atom. The third-order valence-electron chi connectivity index (χ3n) is 6.02. The van der Waals surface area contributed by atoms with Gasteiger partial charge in [0.25, 0.3) is 0 Å². The van der Waals surface area contributed by atoms with Gasteiger partial charge in [-0.1, -0.05) is 25.1 Å². The number of hydrogen-bond acceptors (Lipinski definition) is 6. The molecule has 36 heavy (non-hydrogen) atoms. The second-order valence-corrected chi connectivity index (χ2v) is 11.9. The second-order valence-electron chi connectivity index (χ2n) is 9.05. The van der Waals surface area contributed by atoms with Gasteiger partial charge in [-0.3, -0.25) is 14.3 Å². The van der Waals surface area contributed by atoms with E-state index < -0.39 is 33.0 Å². The molecule has 7 nitrogen and oxygen atoms in total. The summed E-state index contributed by atoms with van der Waals surface area (Å²) in [6, 6.07) is 10.5. The number of alkyl halides is 3. The Morgan fingerprint density at radius 1 is 1.19 bits per heavy atom. The molecule has 0 heterocycles. The third-order valence-corrected chi connectivity index (χ3v) is 7.35.